The van der Waals surface area contributed by atoms with Crippen molar-refractivity contribution in [2.24, 2.45) is 5.92 Å². The Morgan fingerprint density at radius 2 is 2.33 bits per heavy atom. The summed E-state index contributed by atoms with van der Waals surface area (Å²) in [5.74, 6) is 1.48. The van der Waals surface area contributed by atoms with Crippen molar-refractivity contribution in [3.8, 4) is 0 Å². The van der Waals surface area contributed by atoms with Crippen molar-refractivity contribution in [2.45, 2.75) is 12.8 Å². The molecule has 3 rings (SSSR count). The van der Waals surface area contributed by atoms with Gasteiger partial charge < -0.3 is 9.73 Å². The van der Waals surface area contributed by atoms with Gasteiger partial charge in [-0.1, -0.05) is 0 Å². The van der Waals surface area contributed by atoms with E-state index in [4.69, 9.17) is 16.0 Å². The molecule has 0 amide bonds. The highest BCUT2D eigenvalue weighted by Gasteiger charge is 2.21. The van der Waals surface area contributed by atoms with Crippen molar-refractivity contribution in [3.63, 3.8) is 0 Å². The van der Waals surface area contributed by atoms with Crippen LogP contribution in [0.2, 0.25) is 5.28 Å². The molecule has 0 atom stereocenters. The fraction of sp³-hybridized carbons (Fsp3) is 0.400. The van der Waals surface area contributed by atoms with E-state index in [9.17, 15) is 0 Å². The van der Waals surface area contributed by atoms with E-state index in [0.717, 1.165) is 18.0 Å². The summed E-state index contributed by atoms with van der Waals surface area (Å²) in [5.41, 5.74) is 1.42. The normalized spacial score (nSPS) is 15.8. The zero-order valence-corrected chi connectivity index (χ0v) is 8.79. The van der Waals surface area contributed by atoms with E-state index >= 15 is 0 Å². The number of nitrogens with one attached hydrogen (secondary N) is 1. The minimum absolute atomic E-state index is 0.252. The summed E-state index contributed by atoms with van der Waals surface area (Å²) in [6.07, 6.45) is 4.19. The molecule has 4 nitrogen and oxygen atoms in total. The van der Waals surface area contributed by atoms with Crippen molar-refractivity contribution in [3.05, 3.63) is 17.6 Å². The highest BCUT2D eigenvalue weighted by molar-refractivity contribution is 6.28. The van der Waals surface area contributed by atoms with Crippen LogP contribution in [-0.4, -0.2) is 16.5 Å². The molecule has 2 heterocycles. The van der Waals surface area contributed by atoms with E-state index in [-0.39, 0.29) is 5.28 Å². The Hall–Kier alpha value is -1.29. The summed E-state index contributed by atoms with van der Waals surface area (Å²) >= 11 is 5.81. The third kappa shape index (κ3) is 1.77. The molecule has 5 heteroatoms. The second kappa shape index (κ2) is 3.38. The lowest BCUT2D eigenvalue weighted by atomic mass is 10.4. The van der Waals surface area contributed by atoms with Crippen molar-refractivity contribution in [2.75, 3.05) is 11.9 Å². The molecule has 0 spiro atoms. The van der Waals surface area contributed by atoms with Gasteiger partial charge in [-0.25, -0.2) is 4.98 Å². The van der Waals surface area contributed by atoms with Crippen LogP contribution in [0.5, 0.6) is 0 Å². The number of anilines is 1. The van der Waals surface area contributed by atoms with E-state index in [1.165, 1.54) is 12.8 Å². The molecular formula is C10H10ClN3O. The first-order chi connectivity index (χ1) is 7.33. The van der Waals surface area contributed by atoms with Crippen LogP contribution in [0.3, 0.4) is 0 Å². The summed E-state index contributed by atoms with van der Waals surface area (Å²) in [4.78, 5) is 8.18. The summed E-state index contributed by atoms with van der Waals surface area (Å²) in [7, 11) is 0. The van der Waals surface area contributed by atoms with Crippen LogP contribution in [0.1, 0.15) is 12.8 Å². The van der Waals surface area contributed by atoms with E-state index < -0.39 is 0 Å². The lowest BCUT2D eigenvalue weighted by Gasteiger charge is -2.04. The number of aromatic nitrogens is 2. The van der Waals surface area contributed by atoms with Gasteiger partial charge in [-0.15, -0.1) is 0 Å². The predicted molar refractivity (Wildman–Crippen MR) is 58.0 cm³/mol. The fourth-order valence-electron chi connectivity index (χ4n) is 1.52. The van der Waals surface area contributed by atoms with E-state index in [0.29, 0.717) is 11.4 Å². The van der Waals surface area contributed by atoms with Gasteiger partial charge in [-0.05, 0) is 30.4 Å². The molecule has 0 aliphatic heterocycles. The highest BCUT2D eigenvalue weighted by Crippen LogP contribution is 2.30. The van der Waals surface area contributed by atoms with Gasteiger partial charge in [0.15, 0.2) is 11.4 Å². The van der Waals surface area contributed by atoms with Crippen molar-refractivity contribution < 1.29 is 4.42 Å². The minimum Gasteiger partial charge on any atom is -0.459 e. The smallest absolute Gasteiger partial charge is 0.225 e. The number of hydrogen-bond acceptors (Lipinski definition) is 4. The molecular weight excluding hydrogens is 214 g/mol. The van der Waals surface area contributed by atoms with E-state index in [1.807, 2.05) is 0 Å². The predicted octanol–water partition coefficient (Wildman–Crippen LogP) is 2.70. The van der Waals surface area contributed by atoms with Gasteiger partial charge in [0.05, 0.1) is 6.26 Å². The lowest BCUT2D eigenvalue weighted by molar-refractivity contribution is 0.614. The minimum atomic E-state index is 0.252. The van der Waals surface area contributed by atoms with Crippen LogP contribution in [0, 0.1) is 5.92 Å². The number of furan rings is 1. The molecule has 0 unspecified atom stereocenters. The summed E-state index contributed by atoms with van der Waals surface area (Å²) < 4.78 is 5.31. The molecule has 1 saturated carbocycles. The van der Waals surface area contributed by atoms with Crippen LogP contribution in [0.25, 0.3) is 11.1 Å². The molecule has 1 fully saturated rings. The average Bonchev–Trinajstić information content (AvgIpc) is 2.92. The van der Waals surface area contributed by atoms with Gasteiger partial charge in [0.25, 0.3) is 0 Å². The first kappa shape index (κ1) is 8.97. The molecule has 78 valence electrons. The fourth-order valence-corrected chi connectivity index (χ4v) is 1.69. The molecule has 0 radical (unpaired) electrons. The van der Waals surface area contributed by atoms with Gasteiger partial charge >= 0.3 is 0 Å². The molecule has 1 aliphatic carbocycles. The number of fused-ring (bicyclic) bond motifs is 1. The van der Waals surface area contributed by atoms with E-state index in [1.54, 1.807) is 12.3 Å². The van der Waals surface area contributed by atoms with Crippen LogP contribution < -0.4 is 5.32 Å². The third-order valence-corrected chi connectivity index (χ3v) is 2.70. The molecule has 15 heavy (non-hydrogen) atoms. The Balaban J connectivity index is 1.95. The molecule has 0 bridgehead atoms. The van der Waals surface area contributed by atoms with Crippen molar-refractivity contribution >= 4 is 28.5 Å². The Bertz CT molecular complexity index is 492. The standard InChI is InChI=1S/C10H10ClN3O/c11-10-13-7-3-4-15-8(7)9(14-10)12-5-6-1-2-6/h3-4,6H,1-2,5H2,(H,12,13,14). The van der Waals surface area contributed by atoms with Crippen LogP contribution in [-0.2, 0) is 0 Å². The second-order valence-corrected chi connectivity index (χ2v) is 4.14. The second-order valence-electron chi connectivity index (χ2n) is 3.80. The maximum absolute atomic E-state index is 5.81. The zero-order valence-electron chi connectivity index (χ0n) is 8.03. The number of halogens is 1. The Morgan fingerprint density at radius 3 is 3.13 bits per heavy atom. The first-order valence-corrected chi connectivity index (χ1v) is 5.35. The largest absolute Gasteiger partial charge is 0.459 e. The Labute approximate surface area is 91.7 Å². The molecule has 0 aromatic carbocycles. The monoisotopic (exact) mass is 223 g/mol. The maximum atomic E-state index is 5.81. The van der Waals surface area contributed by atoms with E-state index in [2.05, 4.69) is 15.3 Å². The van der Waals surface area contributed by atoms with Gasteiger partial charge in [0.2, 0.25) is 5.28 Å². The number of rotatable bonds is 3. The van der Waals surface area contributed by atoms with Gasteiger partial charge in [0, 0.05) is 12.6 Å². The topological polar surface area (TPSA) is 51.0 Å². The number of hydrogen-bond donors (Lipinski definition) is 1. The molecule has 2 aromatic heterocycles. The SMILES string of the molecule is Clc1nc(NCC2CC2)c2occc2n1. The number of nitrogens with zero attached hydrogens (tertiary/aromatic N) is 2. The summed E-state index contributed by atoms with van der Waals surface area (Å²) in [6.45, 7) is 0.934. The highest BCUT2D eigenvalue weighted by atomic mass is 35.5. The molecule has 1 aliphatic rings. The van der Waals surface area contributed by atoms with Gasteiger partial charge in [0.1, 0.15) is 5.52 Å². The van der Waals surface area contributed by atoms with Crippen LogP contribution in [0.4, 0.5) is 5.82 Å². The quantitative estimate of drug-likeness (QED) is 0.813. The maximum Gasteiger partial charge on any atom is 0.225 e. The lowest BCUT2D eigenvalue weighted by Crippen LogP contribution is -2.05. The molecule has 2 aromatic rings. The van der Waals surface area contributed by atoms with Gasteiger partial charge in [-0.2, -0.15) is 4.98 Å². The van der Waals surface area contributed by atoms with Crippen molar-refractivity contribution in [1.82, 2.24) is 9.97 Å². The zero-order chi connectivity index (χ0) is 10.3. The van der Waals surface area contributed by atoms with Crippen molar-refractivity contribution in [1.29, 1.82) is 0 Å². The molecule has 1 N–H and O–H groups in total. The average molecular weight is 224 g/mol. The molecule has 0 saturated heterocycles. The first-order valence-electron chi connectivity index (χ1n) is 4.97. The van der Waals surface area contributed by atoms with Crippen LogP contribution in [0.15, 0.2) is 16.7 Å². The summed E-state index contributed by atoms with van der Waals surface area (Å²) in [6, 6.07) is 1.78. The third-order valence-electron chi connectivity index (χ3n) is 2.53. The summed E-state index contributed by atoms with van der Waals surface area (Å²) in [5, 5.41) is 3.50. The Morgan fingerprint density at radius 1 is 1.47 bits per heavy atom. The Kier molecular flexibility index (Phi) is 2.02. The van der Waals surface area contributed by atoms with Crippen LogP contribution >= 0.6 is 11.6 Å². The van der Waals surface area contributed by atoms with Gasteiger partial charge in [-0.3, -0.25) is 0 Å².